The van der Waals surface area contributed by atoms with Gasteiger partial charge in [-0.15, -0.1) is 0 Å². The van der Waals surface area contributed by atoms with Crippen molar-refractivity contribution in [2.24, 2.45) is 5.41 Å². The molecule has 0 spiro atoms. The highest BCUT2D eigenvalue weighted by atomic mass is 14.3. The molecule has 109 valence electrons. The van der Waals surface area contributed by atoms with Crippen molar-refractivity contribution in [2.45, 2.75) is 20.8 Å². The van der Waals surface area contributed by atoms with Gasteiger partial charge in [0.1, 0.15) is 0 Å². The van der Waals surface area contributed by atoms with Gasteiger partial charge >= 0.3 is 0 Å². The maximum absolute atomic E-state index is 4.26. The summed E-state index contributed by atoms with van der Waals surface area (Å²) in [5, 5.41) is 0. The van der Waals surface area contributed by atoms with E-state index in [9.17, 15) is 0 Å². The lowest BCUT2D eigenvalue weighted by atomic mass is 9.78. The van der Waals surface area contributed by atoms with E-state index in [1.165, 1.54) is 27.8 Å². The molecule has 0 saturated carbocycles. The second-order valence-corrected chi connectivity index (χ2v) is 6.71. The van der Waals surface area contributed by atoms with Gasteiger partial charge in [0.25, 0.3) is 0 Å². The molecule has 0 nitrogen and oxygen atoms in total. The SMILES string of the molecule is C=C1[C]=C(c2ccccc2)C(C(C)(C)C)=C1c1ccccc1. The van der Waals surface area contributed by atoms with Crippen molar-refractivity contribution in [1.29, 1.82) is 0 Å². The molecule has 0 atom stereocenters. The molecule has 0 heterocycles. The topological polar surface area (TPSA) is 0 Å². The lowest BCUT2D eigenvalue weighted by molar-refractivity contribution is 0.523. The molecule has 2 aromatic rings. The van der Waals surface area contributed by atoms with E-state index >= 15 is 0 Å². The molecule has 1 aliphatic rings. The second kappa shape index (κ2) is 5.46. The zero-order chi connectivity index (χ0) is 15.7. The van der Waals surface area contributed by atoms with Crippen molar-refractivity contribution in [3.8, 4) is 0 Å². The molecule has 1 aliphatic carbocycles. The molecular formula is C22H21. The highest BCUT2D eigenvalue weighted by molar-refractivity contribution is 6.02. The summed E-state index contributed by atoms with van der Waals surface area (Å²) in [5.41, 5.74) is 7.17. The molecule has 0 bridgehead atoms. The summed E-state index contributed by atoms with van der Waals surface area (Å²) in [6, 6.07) is 21.0. The van der Waals surface area contributed by atoms with Crippen LogP contribution in [0, 0.1) is 11.5 Å². The minimum atomic E-state index is 0.0305. The van der Waals surface area contributed by atoms with Gasteiger partial charge in [-0.05, 0) is 44.9 Å². The van der Waals surface area contributed by atoms with Crippen LogP contribution < -0.4 is 0 Å². The van der Waals surface area contributed by atoms with Crippen LogP contribution in [0.25, 0.3) is 11.1 Å². The van der Waals surface area contributed by atoms with Gasteiger partial charge in [0.15, 0.2) is 0 Å². The Hall–Kier alpha value is -2.34. The second-order valence-electron chi connectivity index (χ2n) is 6.71. The summed E-state index contributed by atoms with van der Waals surface area (Å²) in [4.78, 5) is 0. The van der Waals surface area contributed by atoms with Crippen LogP contribution in [0.2, 0.25) is 0 Å². The van der Waals surface area contributed by atoms with E-state index in [0.717, 1.165) is 5.57 Å². The van der Waals surface area contributed by atoms with Crippen LogP contribution in [0.1, 0.15) is 31.9 Å². The Morgan fingerprint density at radius 1 is 0.773 bits per heavy atom. The number of benzene rings is 2. The first-order valence-corrected chi connectivity index (χ1v) is 7.67. The zero-order valence-electron chi connectivity index (χ0n) is 13.5. The monoisotopic (exact) mass is 285 g/mol. The maximum Gasteiger partial charge on any atom is -0.00169 e. The third-order valence-electron chi connectivity index (χ3n) is 3.95. The molecule has 1 radical (unpaired) electrons. The lowest BCUT2D eigenvalue weighted by Crippen LogP contribution is -2.11. The fourth-order valence-corrected chi connectivity index (χ4v) is 3.05. The van der Waals surface area contributed by atoms with Crippen molar-refractivity contribution >= 4 is 11.1 Å². The van der Waals surface area contributed by atoms with Crippen LogP contribution in [-0.4, -0.2) is 0 Å². The smallest absolute Gasteiger partial charge is 0.00169 e. The normalized spacial score (nSPS) is 15.2. The zero-order valence-corrected chi connectivity index (χ0v) is 13.5. The van der Waals surface area contributed by atoms with Crippen molar-refractivity contribution in [3.63, 3.8) is 0 Å². The summed E-state index contributed by atoms with van der Waals surface area (Å²) < 4.78 is 0. The molecule has 2 aromatic carbocycles. The van der Waals surface area contributed by atoms with Crippen LogP contribution in [0.5, 0.6) is 0 Å². The fraction of sp³-hybridized carbons (Fsp3) is 0.182. The summed E-state index contributed by atoms with van der Waals surface area (Å²) in [6.07, 6.45) is 3.52. The number of allylic oxidation sites excluding steroid dienone is 5. The van der Waals surface area contributed by atoms with E-state index in [-0.39, 0.29) is 5.41 Å². The average Bonchev–Trinajstić information content (AvgIpc) is 2.87. The third kappa shape index (κ3) is 2.57. The largest absolute Gasteiger partial charge is 0.0905 e. The van der Waals surface area contributed by atoms with E-state index in [1.807, 2.05) is 12.1 Å². The molecule has 22 heavy (non-hydrogen) atoms. The number of rotatable bonds is 2. The van der Waals surface area contributed by atoms with Crippen LogP contribution in [0.15, 0.2) is 78.4 Å². The highest BCUT2D eigenvalue weighted by Crippen LogP contribution is 2.48. The van der Waals surface area contributed by atoms with Gasteiger partial charge in [-0.25, -0.2) is 0 Å². The molecule has 0 aliphatic heterocycles. The molecule has 0 heteroatoms. The van der Waals surface area contributed by atoms with Gasteiger partial charge in [-0.1, -0.05) is 88.0 Å². The number of hydrogen-bond donors (Lipinski definition) is 0. The van der Waals surface area contributed by atoms with Crippen molar-refractivity contribution in [3.05, 3.63) is 95.6 Å². The quantitative estimate of drug-likeness (QED) is 0.640. The highest BCUT2D eigenvalue weighted by Gasteiger charge is 2.31. The Labute approximate surface area is 133 Å². The fourth-order valence-electron chi connectivity index (χ4n) is 3.05. The van der Waals surface area contributed by atoms with Crippen LogP contribution in [0.4, 0.5) is 0 Å². The summed E-state index contributed by atoms with van der Waals surface area (Å²) in [6.45, 7) is 11.0. The molecule has 0 saturated heterocycles. The van der Waals surface area contributed by atoms with Gasteiger partial charge in [0.05, 0.1) is 0 Å². The summed E-state index contributed by atoms with van der Waals surface area (Å²) in [7, 11) is 0. The molecule has 3 rings (SSSR count). The van der Waals surface area contributed by atoms with Gasteiger partial charge in [-0.3, -0.25) is 0 Å². The maximum atomic E-state index is 4.26. The molecule has 0 fully saturated rings. The predicted molar refractivity (Wildman–Crippen MR) is 95.0 cm³/mol. The van der Waals surface area contributed by atoms with Crippen LogP contribution >= 0.6 is 0 Å². The minimum absolute atomic E-state index is 0.0305. The van der Waals surface area contributed by atoms with Crippen LogP contribution in [-0.2, 0) is 0 Å². The van der Waals surface area contributed by atoms with E-state index in [0.29, 0.717) is 0 Å². The summed E-state index contributed by atoms with van der Waals surface area (Å²) in [5.74, 6) is 0. The Morgan fingerprint density at radius 2 is 1.27 bits per heavy atom. The number of hydrogen-bond acceptors (Lipinski definition) is 0. The molecule has 0 N–H and O–H groups in total. The molecule has 0 unspecified atom stereocenters. The van der Waals surface area contributed by atoms with Crippen LogP contribution in [0.3, 0.4) is 0 Å². The predicted octanol–water partition coefficient (Wildman–Crippen LogP) is 5.94. The third-order valence-corrected chi connectivity index (χ3v) is 3.95. The van der Waals surface area contributed by atoms with E-state index < -0.39 is 0 Å². The van der Waals surface area contributed by atoms with E-state index in [1.54, 1.807) is 0 Å². The lowest BCUT2D eigenvalue weighted by Gasteiger charge is -2.26. The van der Waals surface area contributed by atoms with Crippen molar-refractivity contribution in [1.82, 2.24) is 0 Å². The van der Waals surface area contributed by atoms with Crippen molar-refractivity contribution < 1.29 is 0 Å². The summed E-state index contributed by atoms with van der Waals surface area (Å²) >= 11 is 0. The van der Waals surface area contributed by atoms with Gasteiger partial charge in [0.2, 0.25) is 0 Å². The van der Waals surface area contributed by atoms with Crippen molar-refractivity contribution in [2.75, 3.05) is 0 Å². The van der Waals surface area contributed by atoms with Gasteiger partial charge < -0.3 is 0 Å². The van der Waals surface area contributed by atoms with Gasteiger partial charge in [0, 0.05) is 0 Å². The Bertz CT molecular complexity index is 751. The minimum Gasteiger partial charge on any atom is -0.0905 e. The molecular weight excluding hydrogens is 264 g/mol. The first-order chi connectivity index (χ1) is 10.5. The first-order valence-electron chi connectivity index (χ1n) is 7.67. The standard InChI is InChI=1S/C22H21/c1-16-15-19(17-11-7-5-8-12-17)21(22(2,3)4)20(16)18-13-9-6-10-14-18/h5-14H,1H2,2-4H3. The Morgan fingerprint density at radius 3 is 1.77 bits per heavy atom. The molecule has 0 amide bonds. The first kappa shape index (κ1) is 14.6. The molecule has 0 aromatic heterocycles. The Balaban J connectivity index is 2.24. The average molecular weight is 285 g/mol. The van der Waals surface area contributed by atoms with Gasteiger partial charge in [-0.2, -0.15) is 0 Å². The van der Waals surface area contributed by atoms with E-state index in [2.05, 4.69) is 82.0 Å². The Kier molecular flexibility index (Phi) is 3.62. The van der Waals surface area contributed by atoms with E-state index in [4.69, 9.17) is 0 Å².